The zero-order valence-electron chi connectivity index (χ0n) is 7.00. The molecule has 0 nitrogen and oxygen atoms in total. The van der Waals surface area contributed by atoms with E-state index in [4.69, 9.17) is 0 Å². The van der Waals surface area contributed by atoms with Crippen LogP contribution in [0.5, 0.6) is 0 Å². The van der Waals surface area contributed by atoms with E-state index in [-0.39, 0.29) is 0 Å². The molecule has 2 aliphatic rings. The summed E-state index contributed by atoms with van der Waals surface area (Å²) in [4.78, 5) is 1.65. The molecule has 68 valence electrons. The normalized spacial score (nSPS) is 20.9. The Labute approximate surface area is 95.2 Å². The Hall–Kier alpha value is 0.518. The van der Waals surface area contributed by atoms with Gasteiger partial charge in [0, 0.05) is 0 Å². The maximum absolute atomic E-state index is 2.35. The van der Waals surface area contributed by atoms with E-state index in [1.165, 1.54) is 0 Å². The molecule has 2 rings (SSSR count). The van der Waals surface area contributed by atoms with Crippen LogP contribution in [0.3, 0.4) is 0 Å². The molecule has 13 heavy (non-hydrogen) atoms. The average Bonchev–Trinajstić information content (AvgIpc) is 2.75. The predicted octanol–water partition coefficient (Wildman–Crippen LogP) is 1.76. The standard InChI is InChI=1S/C10H10Se3/c1-2-6-9(5-1)11-13-12-10-7-3-4-8-10/h1-10H. The summed E-state index contributed by atoms with van der Waals surface area (Å²) in [6, 6.07) is 0. The maximum atomic E-state index is 2.35. The summed E-state index contributed by atoms with van der Waals surface area (Å²) in [5.41, 5.74) is 0. The Kier molecular flexibility index (Phi) is 4.18. The van der Waals surface area contributed by atoms with Crippen LogP contribution in [0.15, 0.2) is 48.6 Å². The van der Waals surface area contributed by atoms with Crippen LogP contribution < -0.4 is 0 Å². The summed E-state index contributed by atoms with van der Waals surface area (Å²) in [6.07, 6.45) is 18.1. The SMILES string of the molecule is C1=CC([Se][Se][Se]C2C=CC=C2)C=C1. The number of hydrogen-bond donors (Lipinski definition) is 0. The number of allylic oxidation sites excluding steroid dienone is 8. The van der Waals surface area contributed by atoms with Crippen LogP contribution in [-0.4, -0.2) is 37.6 Å². The molecule has 0 radical (unpaired) electrons. The quantitative estimate of drug-likeness (QED) is 0.665. The number of hydrogen-bond acceptors (Lipinski definition) is 0. The van der Waals surface area contributed by atoms with Gasteiger partial charge < -0.3 is 0 Å². The predicted molar refractivity (Wildman–Crippen MR) is 61.3 cm³/mol. The molecule has 0 spiro atoms. The van der Waals surface area contributed by atoms with Gasteiger partial charge >= 0.3 is 95.8 Å². The van der Waals surface area contributed by atoms with Gasteiger partial charge in [-0.1, -0.05) is 0 Å². The van der Waals surface area contributed by atoms with Gasteiger partial charge in [-0.3, -0.25) is 0 Å². The first-order valence-electron chi connectivity index (χ1n) is 4.14. The van der Waals surface area contributed by atoms with Crippen LogP contribution in [0.25, 0.3) is 0 Å². The van der Waals surface area contributed by atoms with Crippen molar-refractivity contribution in [1.82, 2.24) is 0 Å². The Morgan fingerprint density at radius 2 is 1.00 bits per heavy atom. The molecule has 0 saturated heterocycles. The van der Waals surface area contributed by atoms with E-state index in [9.17, 15) is 0 Å². The second kappa shape index (κ2) is 5.41. The van der Waals surface area contributed by atoms with E-state index in [0.717, 1.165) is 47.2 Å². The summed E-state index contributed by atoms with van der Waals surface area (Å²) in [5, 5.41) is 0. The molecular weight excluding hydrogens is 357 g/mol. The van der Waals surface area contributed by atoms with Gasteiger partial charge in [0.1, 0.15) is 0 Å². The summed E-state index contributed by atoms with van der Waals surface area (Å²) >= 11 is 2.65. The van der Waals surface area contributed by atoms with Crippen molar-refractivity contribution in [3.63, 3.8) is 0 Å². The van der Waals surface area contributed by atoms with Crippen LogP contribution >= 0.6 is 0 Å². The molecule has 0 heterocycles. The van der Waals surface area contributed by atoms with Crippen LogP contribution in [0.1, 0.15) is 0 Å². The summed E-state index contributed by atoms with van der Waals surface area (Å²) < 4.78 is 0. The van der Waals surface area contributed by atoms with Gasteiger partial charge in [0.2, 0.25) is 0 Å². The fourth-order valence-electron chi connectivity index (χ4n) is 1.06. The number of rotatable bonds is 4. The molecule has 0 unspecified atom stereocenters. The second-order valence-electron chi connectivity index (χ2n) is 2.73. The average molecular weight is 367 g/mol. The molecule has 0 saturated carbocycles. The van der Waals surface area contributed by atoms with Gasteiger partial charge in [-0.15, -0.1) is 0 Å². The fourth-order valence-corrected chi connectivity index (χ4v) is 21.0. The first kappa shape index (κ1) is 10.1. The monoisotopic (exact) mass is 370 g/mol. The molecule has 0 aromatic heterocycles. The summed E-state index contributed by atoms with van der Waals surface area (Å²) in [7, 11) is 0. The summed E-state index contributed by atoms with van der Waals surface area (Å²) in [6.45, 7) is 0. The first-order chi connectivity index (χ1) is 6.45. The van der Waals surface area contributed by atoms with Crippen molar-refractivity contribution in [2.24, 2.45) is 0 Å². The molecule has 0 bridgehead atoms. The van der Waals surface area contributed by atoms with Crippen molar-refractivity contribution in [3.8, 4) is 0 Å². The van der Waals surface area contributed by atoms with Crippen molar-refractivity contribution >= 4 is 37.6 Å². The molecule has 0 aliphatic heterocycles. The van der Waals surface area contributed by atoms with E-state index in [0.29, 0.717) is 0 Å². The van der Waals surface area contributed by atoms with Crippen LogP contribution in [0, 0.1) is 0 Å². The Bertz CT molecular complexity index is 224. The third-order valence-corrected chi connectivity index (χ3v) is 19.8. The topological polar surface area (TPSA) is 0 Å². The van der Waals surface area contributed by atoms with Gasteiger partial charge in [0.25, 0.3) is 0 Å². The van der Waals surface area contributed by atoms with Gasteiger partial charge in [-0.2, -0.15) is 0 Å². The molecule has 0 atom stereocenters. The molecular formula is C10H10Se3. The minimum atomic E-state index is 0.823. The van der Waals surface area contributed by atoms with E-state index in [1.54, 1.807) is 0 Å². The molecule has 3 heteroatoms. The molecule has 0 aromatic carbocycles. The van der Waals surface area contributed by atoms with Crippen molar-refractivity contribution in [2.45, 2.75) is 9.63 Å². The van der Waals surface area contributed by atoms with Crippen molar-refractivity contribution in [1.29, 1.82) is 0 Å². The Balaban J connectivity index is 1.63. The third-order valence-electron chi connectivity index (χ3n) is 1.73. The van der Waals surface area contributed by atoms with Crippen LogP contribution in [0.2, 0.25) is 9.63 Å². The molecule has 2 aliphatic carbocycles. The second-order valence-corrected chi connectivity index (χ2v) is 19.5. The Morgan fingerprint density at radius 1 is 0.615 bits per heavy atom. The minimum absolute atomic E-state index is 0.823. The van der Waals surface area contributed by atoms with Gasteiger partial charge in [-0.25, -0.2) is 0 Å². The van der Waals surface area contributed by atoms with Gasteiger partial charge in [0.15, 0.2) is 0 Å². The first-order valence-corrected chi connectivity index (χ1v) is 14.8. The van der Waals surface area contributed by atoms with Crippen molar-refractivity contribution in [2.75, 3.05) is 0 Å². The van der Waals surface area contributed by atoms with Gasteiger partial charge in [0.05, 0.1) is 0 Å². The third kappa shape index (κ3) is 3.29. The zero-order valence-corrected chi connectivity index (χ0v) is 12.1. The van der Waals surface area contributed by atoms with E-state index in [2.05, 4.69) is 48.6 Å². The molecule has 0 aromatic rings. The zero-order chi connectivity index (χ0) is 8.93. The van der Waals surface area contributed by atoms with Crippen molar-refractivity contribution < 1.29 is 0 Å². The van der Waals surface area contributed by atoms with Crippen LogP contribution in [0.4, 0.5) is 0 Å². The molecule has 0 amide bonds. The van der Waals surface area contributed by atoms with Crippen molar-refractivity contribution in [3.05, 3.63) is 48.6 Å². The van der Waals surface area contributed by atoms with Gasteiger partial charge in [-0.05, 0) is 0 Å². The Morgan fingerprint density at radius 3 is 1.38 bits per heavy atom. The van der Waals surface area contributed by atoms with Crippen LogP contribution in [-0.2, 0) is 0 Å². The molecule has 0 fully saturated rings. The van der Waals surface area contributed by atoms with E-state index >= 15 is 0 Å². The van der Waals surface area contributed by atoms with E-state index in [1.807, 2.05) is 0 Å². The van der Waals surface area contributed by atoms with E-state index < -0.39 is 0 Å². The summed E-state index contributed by atoms with van der Waals surface area (Å²) in [5.74, 6) is 0. The molecule has 0 N–H and O–H groups in total. The fraction of sp³-hybridized carbons (Fsp3) is 0.200.